The molecule has 2 saturated heterocycles. The van der Waals surface area contributed by atoms with Crippen molar-refractivity contribution >= 4 is 11.7 Å². The van der Waals surface area contributed by atoms with Crippen molar-refractivity contribution in [1.82, 2.24) is 9.80 Å². The van der Waals surface area contributed by atoms with Gasteiger partial charge >= 0.3 is 6.18 Å². The summed E-state index contributed by atoms with van der Waals surface area (Å²) in [6.45, 7) is 4.22. The minimum Gasteiger partial charge on any atom is -0.489 e. The van der Waals surface area contributed by atoms with Crippen LogP contribution in [0.4, 0.5) is 13.2 Å². The SMILES string of the molecule is CC(c1ccc(C(N)=O)cc1)N(C)CC(=O)C1(N2CC[C@@H](Oc3cccc(C(F)(F)F)c3)C2)CCOCC1. The first-order valence-corrected chi connectivity index (χ1v) is 12.8. The Morgan fingerprint density at radius 2 is 1.87 bits per heavy atom. The summed E-state index contributed by atoms with van der Waals surface area (Å²) in [5.41, 5.74) is 5.26. The average molecular weight is 534 g/mol. The lowest BCUT2D eigenvalue weighted by molar-refractivity contribution is -0.139. The van der Waals surface area contributed by atoms with Crippen LogP contribution in [0.5, 0.6) is 5.75 Å². The number of rotatable bonds is 9. The number of ketones is 1. The monoisotopic (exact) mass is 533 g/mol. The molecule has 0 saturated carbocycles. The van der Waals surface area contributed by atoms with E-state index in [1.54, 1.807) is 12.1 Å². The predicted molar refractivity (Wildman–Crippen MR) is 136 cm³/mol. The van der Waals surface area contributed by atoms with Crippen molar-refractivity contribution in [3.63, 3.8) is 0 Å². The highest BCUT2D eigenvalue weighted by atomic mass is 19.4. The molecule has 2 atom stereocenters. The molecule has 2 aliphatic heterocycles. The maximum atomic E-state index is 13.9. The number of primary amides is 1. The molecule has 10 heteroatoms. The summed E-state index contributed by atoms with van der Waals surface area (Å²) in [4.78, 5) is 29.3. The number of benzene rings is 2. The van der Waals surface area contributed by atoms with E-state index in [0.717, 1.165) is 17.7 Å². The first-order chi connectivity index (χ1) is 18.0. The van der Waals surface area contributed by atoms with Crippen LogP contribution in [0.15, 0.2) is 48.5 Å². The topological polar surface area (TPSA) is 85.1 Å². The van der Waals surface area contributed by atoms with Gasteiger partial charge in [-0.15, -0.1) is 0 Å². The van der Waals surface area contributed by atoms with Crippen LogP contribution < -0.4 is 10.5 Å². The number of carbonyl (C=O) groups excluding carboxylic acids is 2. The average Bonchev–Trinajstić information content (AvgIpc) is 3.37. The molecule has 1 unspecified atom stereocenters. The molecular weight excluding hydrogens is 499 g/mol. The van der Waals surface area contributed by atoms with Gasteiger partial charge in [0.1, 0.15) is 11.9 Å². The second-order valence-corrected chi connectivity index (χ2v) is 10.1. The van der Waals surface area contributed by atoms with E-state index in [2.05, 4.69) is 4.90 Å². The Balaban J connectivity index is 1.43. The number of carbonyl (C=O) groups is 2. The fourth-order valence-electron chi connectivity index (χ4n) is 5.32. The molecule has 2 aromatic rings. The fourth-order valence-corrected chi connectivity index (χ4v) is 5.32. The number of nitrogens with zero attached hydrogens (tertiary/aromatic N) is 2. The van der Waals surface area contributed by atoms with Crippen molar-refractivity contribution in [1.29, 1.82) is 0 Å². The van der Waals surface area contributed by atoms with Gasteiger partial charge in [-0.05, 0) is 69.1 Å². The molecule has 2 aromatic carbocycles. The van der Waals surface area contributed by atoms with Gasteiger partial charge in [-0.2, -0.15) is 13.2 Å². The maximum absolute atomic E-state index is 13.9. The van der Waals surface area contributed by atoms with Crippen LogP contribution in [0.1, 0.15) is 53.7 Å². The highest BCUT2D eigenvalue weighted by molar-refractivity contribution is 5.92. The van der Waals surface area contributed by atoms with Crippen molar-refractivity contribution in [3.05, 3.63) is 65.2 Å². The van der Waals surface area contributed by atoms with Gasteiger partial charge in [-0.1, -0.05) is 18.2 Å². The zero-order valence-corrected chi connectivity index (χ0v) is 21.7. The zero-order chi connectivity index (χ0) is 27.5. The quantitative estimate of drug-likeness (QED) is 0.523. The van der Waals surface area contributed by atoms with E-state index < -0.39 is 23.2 Å². The van der Waals surface area contributed by atoms with Crippen LogP contribution in [0, 0.1) is 0 Å². The van der Waals surface area contributed by atoms with E-state index in [-0.39, 0.29) is 30.2 Å². The molecule has 2 heterocycles. The highest BCUT2D eigenvalue weighted by Crippen LogP contribution is 2.35. The number of hydrogen-bond donors (Lipinski definition) is 1. The lowest BCUT2D eigenvalue weighted by Crippen LogP contribution is -2.59. The summed E-state index contributed by atoms with van der Waals surface area (Å²) in [6.07, 6.45) is -3.03. The van der Waals surface area contributed by atoms with E-state index >= 15 is 0 Å². The number of ether oxygens (including phenoxy) is 2. The standard InChI is InChI=1S/C28H34F3N3O4/c1-19(20-6-8-21(9-7-20)26(32)36)33(2)18-25(35)27(11-14-37-15-12-27)34-13-10-24(17-34)38-23-5-3-4-22(16-23)28(29,30)31/h3-9,16,19,24H,10-15,17-18H2,1-2H3,(H2,32,36)/t19?,24-/m1/s1. The first-order valence-electron chi connectivity index (χ1n) is 12.8. The van der Waals surface area contributed by atoms with Crippen LogP contribution in [-0.4, -0.2) is 73.0 Å². The second kappa shape index (κ2) is 11.4. The lowest BCUT2D eigenvalue weighted by atomic mass is 9.83. The summed E-state index contributed by atoms with van der Waals surface area (Å²) in [5, 5.41) is 0. The van der Waals surface area contributed by atoms with E-state index in [1.807, 2.05) is 31.0 Å². The third-order valence-corrected chi connectivity index (χ3v) is 7.79. The Kier molecular flexibility index (Phi) is 8.44. The molecule has 4 rings (SSSR count). The van der Waals surface area contributed by atoms with Gasteiger partial charge in [0.25, 0.3) is 0 Å². The van der Waals surface area contributed by atoms with Gasteiger partial charge in [0, 0.05) is 37.9 Å². The number of hydrogen-bond acceptors (Lipinski definition) is 6. The lowest BCUT2D eigenvalue weighted by Gasteiger charge is -2.44. The Bertz CT molecular complexity index is 1130. The van der Waals surface area contributed by atoms with Gasteiger partial charge in [0.05, 0.1) is 17.6 Å². The molecule has 38 heavy (non-hydrogen) atoms. The Hall–Kier alpha value is -2.95. The zero-order valence-electron chi connectivity index (χ0n) is 21.7. The normalized spacial score (nSPS) is 20.8. The third kappa shape index (κ3) is 6.19. The molecular formula is C28H34F3N3O4. The number of halogens is 3. The van der Waals surface area contributed by atoms with Crippen LogP contribution in [-0.2, 0) is 15.7 Å². The van der Waals surface area contributed by atoms with Crippen molar-refractivity contribution in [2.45, 2.75) is 50.0 Å². The molecule has 0 spiro atoms. The maximum Gasteiger partial charge on any atom is 0.416 e. The summed E-state index contributed by atoms with van der Waals surface area (Å²) in [6, 6.07) is 11.9. The summed E-state index contributed by atoms with van der Waals surface area (Å²) >= 11 is 0. The van der Waals surface area contributed by atoms with Crippen molar-refractivity contribution in [2.24, 2.45) is 5.73 Å². The number of Topliss-reactive ketones (excluding diaryl/α,β-unsaturated/α-hetero) is 1. The molecule has 0 aromatic heterocycles. The molecule has 1 amide bonds. The third-order valence-electron chi connectivity index (χ3n) is 7.79. The van der Waals surface area contributed by atoms with Crippen LogP contribution in [0.3, 0.4) is 0 Å². The number of alkyl halides is 3. The van der Waals surface area contributed by atoms with Gasteiger partial charge in [0.15, 0.2) is 5.78 Å². The van der Waals surface area contributed by atoms with Crippen molar-refractivity contribution in [3.8, 4) is 5.75 Å². The largest absolute Gasteiger partial charge is 0.489 e. The van der Waals surface area contributed by atoms with Crippen LogP contribution >= 0.6 is 0 Å². The van der Waals surface area contributed by atoms with Crippen LogP contribution in [0.2, 0.25) is 0 Å². The number of nitrogens with two attached hydrogens (primary N) is 1. The van der Waals surface area contributed by atoms with E-state index in [0.29, 0.717) is 51.1 Å². The van der Waals surface area contributed by atoms with Crippen molar-refractivity contribution < 1.29 is 32.2 Å². The highest BCUT2D eigenvalue weighted by Gasteiger charge is 2.48. The summed E-state index contributed by atoms with van der Waals surface area (Å²) in [7, 11) is 1.89. The van der Waals surface area contributed by atoms with Gasteiger partial charge in [-0.3, -0.25) is 19.4 Å². The smallest absolute Gasteiger partial charge is 0.416 e. The van der Waals surface area contributed by atoms with Gasteiger partial charge in [0.2, 0.25) is 5.91 Å². The number of likely N-dealkylation sites (tertiary alicyclic amines) is 1. The Morgan fingerprint density at radius 3 is 2.50 bits per heavy atom. The molecule has 7 nitrogen and oxygen atoms in total. The van der Waals surface area contributed by atoms with Gasteiger partial charge < -0.3 is 15.2 Å². The fraction of sp³-hybridized carbons (Fsp3) is 0.500. The number of likely N-dealkylation sites (N-methyl/N-ethyl adjacent to an activating group) is 1. The minimum atomic E-state index is -4.44. The second-order valence-electron chi connectivity index (χ2n) is 10.1. The predicted octanol–water partition coefficient (Wildman–Crippen LogP) is 4.07. The molecule has 2 fully saturated rings. The van der Waals surface area contributed by atoms with E-state index in [1.165, 1.54) is 12.1 Å². The molecule has 206 valence electrons. The first kappa shape index (κ1) is 28.1. The van der Waals surface area contributed by atoms with Crippen LogP contribution in [0.25, 0.3) is 0 Å². The summed E-state index contributed by atoms with van der Waals surface area (Å²) < 4.78 is 50.8. The molecule has 2 N–H and O–H groups in total. The minimum absolute atomic E-state index is 0.0756. The van der Waals surface area contributed by atoms with E-state index in [4.69, 9.17) is 15.2 Å². The number of amides is 1. The van der Waals surface area contributed by atoms with Gasteiger partial charge in [-0.25, -0.2) is 0 Å². The van der Waals surface area contributed by atoms with Crippen molar-refractivity contribution in [2.75, 3.05) is 39.9 Å². The Labute approximate surface area is 220 Å². The Morgan fingerprint density at radius 1 is 1.18 bits per heavy atom. The molecule has 2 aliphatic rings. The van der Waals surface area contributed by atoms with E-state index in [9.17, 15) is 22.8 Å². The summed E-state index contributed by atoms with van der Waals surface area (Å²) in [5.74, 6) is -0.228. The molecule has 0 radical (unpaired) electrons. The molecule has 0 aliphatic carbocycles. The molecule has 0 bridgehead atoms.